The Kier molecular flexibility index (Phi) is 4.34. The van der Waals surface area contributed by atoms with Gasteiger partial charge in [-0.15, -0.1) is 0 Å². The Hall–Kier alpha value is -0.990. The van der Waals surface area contributed by atoms with Crippen LogP contribution in [0.3, 0.4) is 0 Å². The molecule has 1 amide bonds. The number of carbonyl (C=O) groups excluding carboxylic acids is 1. The van der Waals surface area contributed by atoms with Crippen molar-refractivity contribution in [2.75, 3.05) is 6.61 Å². The third kappa shape index (κ3) is 3.65. The van der Waals surface area contributed by atoms with Gasteiger partial charge in [0, 0.05) is 0 Å². The molecule has 0 radical (unpaired) electrons. The number of hydrogen-bond acceptors (Lipinski definition) is 2. The summed E-state index contributed by atoms with van der Waals surface area (Å²) in [7, 11) is 0. The lowest BCUT2D eigenvalue weighted by Crippen LogP contribution is -2.14. The molecule has 64 valence electrons. The van der Waals surface area contributed by atoms with E-state index in [1.807, 2.05) is 6.92 Å². The second kappa shape index (κ2) is 4.77. The van der Waals surface area contributed by atoms with Crippen molar-refractivity contribution in [3.8, 4) is 0 Å². The topological polar surface area (TPSA) is 52.3 Å². The first kappa shape index (κ1) is 10.0. The van der Waals surface area contributed by atoms with E-state index in [9.17, 15) is 4.79 Å². The van der Waals surface area contributed by atoms with Crippen LogP contribution in [0.4, 0.5) is 0 Å². The van der Waals surface area contributed by atoms with Crippen molar-refractivity contribution < 1.29 is 9.53 Å². The first-order chi connectivity index (χ1) is 5.09. The van der Waals surface area contributed by atoms with Crippen molar-refractivity contribution >= 4 is 5.91 Å². The summed E-state index contributed by atoms with van der Waals surface area (Å²) in [6.45, 7) is 6.05. The van der Waals surface area contributed by atoms with E-state index in [4.69, 9.17) is 10.5 Å². The molecule has 3 heteroatoms. The van der Waals surface area contributed by atoms with Crippen molar-refractivity contribution in [3.05, 3.63) is 11.3 Å². The van der Waals surface area contributed by atoms with Gasteiger partial charge in [-0.3, -0.25) is 4.79 Å². The molecule has 3 nitrogen and oxygen atoms in total. The lowest BCUT2D eigenvalue weighted by molar-refractivity contribution is -0.114. The van der Waals surface area contributed by atoms with E-state index in [2.05, 4.69) is 0 Å². The molecule has 2 N–H and O–H groups in total. The minimum atomic E-state index is -0.418. The first-order valence-electron chi connectivity index (χ1n) is 3.69. The van der Waals surface area contributed by atoms with Crippen LogP contribution in [0.2, 0.25) is 0 Å². The number of rotatable bonds is 4. The number of hydrogen-bond donors (Lipinski definition) is 1. The summed E-state index contributed by atoms with van der Waals surface area (Å²) >= 11 is 0. The number of amides is 1. The highest BCUT2D eigenvalue weighted by Gasteiger charge is 2.02. The van der Waals surface area contributed by atoms with Crippen LogP contribution in [-0.4, -0.2) is 12.5 Å². The molecule has 0 aromatic carbocycles. The van der Waals surface area contributed by atoms with Gasteiger partial charge in [0.2, 0.25) is 5.91 Å². The summed E-state index contributed by atoms with van der Waals surface area (Å²) in [4.78, 5) is 10.6. The standard InChI is InChI=1S/C8H15NO2/c1-4-5-11-7(3)6(2)8(9)10/h4-5H2,1-3H3,(H2,9,10)/b7-6+. The fourth-order valence-electron chi connectivity index (χ4n) is 0.537. The SMILES string of the molecule is CCCO/C(C)=C(\C)C(N)=O. The molecule has 0 saturated heterocycles. The number of ether oxygens (including phenoxy) is 1. The summed E-state index contributed by atoms with van der Waals surface area (Å²) in [5, 5.41) is 0. The Morgan fingerprint density at radius 1 is 1.45 bits per heavy atom. The van der Waals surface area contributed by atoms with E-state index < -0.39 is 5.91 Å². The lowest BCUT2D eigenvalue weighted by Gasteiger charge is -2.06. The highest BCUT2D eigenvalue weighted by molar-refractivity contribution is 5.91. The van der Waals surface area contributed by atoms with Gasteiger partial charge in [-0.1, -0.05) is 6.92 Å². The highest BCUT2D eigenvalue weighted by atomic mass is 16.5. The second-order valence-corrected chi connectivity index (χ2v) is 2.39. The molecule has 0 rings (SSSR count). The fourth-order valence-corrected chi connectivity index (χ4v) is 0.537. The summed E-state index contributed by atoms with van der Waals surface area (Å²) in [5.74, 6) is 0.206. The average molecular weight is 157 g/mol. The molecule has 0 aromatic rings. The van der Waals surface area contributed by atoms with E-state index >= 15 is 0 Å². The maximum Gasteiger partial charge on any atom is 0.247 e. The lowest BCUT2D eigenvalue weighted by atomic mass is 10.2. The zero-order valence-electron chi connectivity index (χ0n) is 7.31. The van der Waals surface area contributed by atoms with Crippen LogP contribution in [0.25, 0.3) is 0 Å². The minimum absolute atomic E-state index is 0.418. The van der Waals surface area contributed by atoms with Crippen LogP contribution >= 0.6 is 0 Å². The molecule has 0 heterocycles. The normalized spacial score (nSPS) is 12.3. The monoisotopic (exact) mass is 157 g/mol. The third-order valence-corrected chi connectivity index (χ3v) is 1.42. The molecular weight excluding hydrogens is 142 g/mol. The highest BCUT2D eigenvalue weighted by Crippen LogP contribution is 2.04. The van der Waals surface area contributed by atoms with Crippen molar-refractivity contribution in [2.24, 2.45) is 5.73 Å². The zero-order valence-corrected chi connectivity index (χ0v) is 7.31. The van der Waals surface area contributed by atoms with Crippen LogP contribution in [-0.2, 0) is 9.53 Å². The molecule has 11 heavy (non-hydrogen) atoms. The number of primary amides is 1. The van der Waals surface area contributed by atoms with Crippen LogP contribution < -0.4 is 5.73 Å². The Balaban J connectivity index is 4.05. The van der Waals surface area contributed by atoms with Crippen LogP contribution in [0.1, 0.15) is 27.2 Å². The van der Waals surface area contributed by atoms with Crippen molar-refractivity contribution in [3.63, 3.8) is 0 Å². The summed E-state index contributed by atoms with van der Waals surface area (Å²) in [6, 6.07) is 0. The van der Waals surface area contributed by atoms with Crippen molar-refractivity contribution in [1.29, 1.82) is 0 Å². The van der Waals surface area contributed by atoms with Crippen molar-refractivity contribution in [1.82, 2.24) is 0 Å². The van der Waals surface area contributed by atoms with Gasteiger partial charge in [-0.2, -0.15) is 0 Å². The van der Waals surface area contributed by atoms with Gasteiger partial charge in [0.1, 0.15) is 5.76 Å². The van der Waals surface area contributed by atoms with Gasteiger partial charge in [0.05, 0.1) is 12.2 Å². The van der Waals surface area contributed by atoms with Gasteiger partial charge < -0.3 is 10.5 Å². The largest absolute Gasteiger partial charge is 0.498 e. The third-order valence-electron chi connectivity index (χ3n) is 1.42. The van der Waals surface area contributed by atoms with Gasteiger partial charge in [0.15, 0.2) is 0 Å². The number of allylic oxidation sites excluding steroid dienone is 1. The molecule has 0 aromatic heterocycles. The minimum Gasteiger partial charge on any atom is -0.498 e. The molecule has 0 spiro atoms. The van der Waals surface area contributed by atoms with Crippen LogP contribution in [0.15, 0.2) is 11.3 Å². The number of nitrogens with two attached hydrogens (primary N) is 1. The molecule has 0 aliphatic heterocycles. The molecule has 0 aliphatic rings. The zero-order chi connectivity index (χ0) is 8.85. The molecule has 0 aliphatic carbocycles. The maximum atomic E-state index is 10.6. The van der Waals surface area contributed by atoms with E-state index in [1.165, 1.54) is 0 Å². The quantitative estimate of drug-likeness (QED) is 0.492. The fraction of sp³-hybridized carbons (Fsp3) is 0.625. The molecular formula is C8H15NO2. The molecule has 0 unspecified atom stereocenters. The molecule has 0 atom stereocenters. The van der Waals surface area contributed by atoms with E-state index in [0.29, 0.717) is 17.9 Å². The molecule has 0 bridgehead atoms. The van der Waals surface area contributed by atoms with Gasteiger partial charge in [0.25, 0.3) is 0 Å². The molecule has 0 fully saturated rings. The molecule has 0 saturated carbocycles. The summed E-state index contributed by atoms with van der Waals surface area (Å²) in [6.07, 6.45) is 0.934. The second-order valence-electron chi connectivity index (χ2n) is 2.39. The Labute approximate surface area is 67.2 Å². The summed E-state index contributed by atoms with van der Waals surface area (Å²) < 4.78 is 5.19. The van der Waals surface area contributed by atoms with Gasteiger partial charge in [-0.05, 0) is 20.3 Å². The Morgan fingerprint density at radius 3 is 2.36 bits per heavy atom. The van der Waals surface area contributed by atoms with E-state index in [-0.39, 0.29) is 0 Å². The number of carbonyl (C=O) groups is 1. The van der Waals surface area contributed by atoms with Crippen LogP contribution in [0.5, 0.6) is 0 Å². The smallest absolute Gasteiger partial charge is 0.247 e. The first-order valence-corrected chi connectivity index (χ1v) is 3.69. The Bertz CT molecular complexity index is 173. The van der Waals surface area contributed by atoms with Gasteiger partial charge in [-0.25, -0.2) is 0 Å². The van der Waals surface area contributed by atoms with E-state index in [1.54, 1.807) is 13.8 Å². The Morgan fingerprint density at radius 2 is 2.00 bits per heavy atom. The van der Waals surface area contributed by atoms with Crippen LogP contribution in [0, 0.1) is 0 Å². The van der Waals surface area contributed by atoms with E-state index in [0.717, 1.165) is 6.42 Å². The maximum absolute atomic E-state index is 10.6. The predicted octanol–water partition coefficient (Wildman–Crippen LogP) is 1.19. The predicted molar refractivity (Wildman–Crippen MR) is 43.8 cm³/mol. The summed E-state index contributed by atoms with van der Waals surface area (Å²) in [5.41, 5.74) is 5.53. The average Bonchev–Trinajstić information content (AvgIpc) is 1.98. The van der Waals surface area contributed by atoms with Crippen molar-refractivity contribution in [2.45, 2.75) is 27.2 Å². The van der Waals surface area contributed by atoms with Gasteiger partial charge >= 0.3 is 0 Å².